The molecule has 3 nitrogen and oxygen atoms in total. The molecular weight excluding hydrogens is 336 g/mol. The molecule has 0 saturated heterocycles. The first-order chi connectivity index (χ1) is 12.8. The molecule has 3 heteroatoms. The van der Waals surface area contributed by atoms with Crippen molar-refractivity contribution in [2.24, 2.45) is 11.3 Å². The minimum Gasteiger partial charge on any atom is -0.481 e. The van der Waals surface area contributed by atoms with E-state index in [0.29, 0.717) is 23.2 Å². The lowest BCUT2D eigenvalue weighted by atomic mass is 9.69. The monoisotopic (exact) mass is 366 g/mol. The smallest absolute Gasteiger partial charge is 0.148 e. The standard InChI is InChI=1S/C24H30O3/c1-9-13-25-20-16-21(26-14-10-2)23(22(17-20)27-15-11-3)18(5)19(6)24(7,8)12-4/h1-3,16-19H,12-15H2,4-8H3. The first-order valence-electron chi connectivity index (χ1n) is 9.19. The molecule has 1 rings (SSSR count). The van der Waals surface area contributed by atoms with Gasteiger partial charge in [-0.3, -0.25) is 0 Å². The highest BCUT2D eigenvalue weighted by Gasteiger charge is 2.33. The fourth-order valence-corrected chi connectivity index (χ4v) is 2.96. The number of hydrogen-bond donors (Lipinski definition) is 0. The molecule has 27 heavy (non-hydrogen) atoms. The molecule has 0 radical (unpaired) electrons. The van der Waals surface area contributed by atoms with Crippen molar-refractivity contribution < 1.29 is 14.2 Å². The van der Waals surface area contributed by atoms with Crippen LogP contribution in [0.2, 0.25) is 0 Å². The van der Waals surface area contributed by atoms with Gasteiger partial charge in [-0.25, -0.2) is 0 Å². The van der Waals surface area contributed by atoms with E-state index in [2.05, 4.69) is 52.4 Å². The van der Waals surface area contributed by atoms with E-state index >= 15 is 0 Å². The lowest BCUT2D eigenvalue weighted by Gasteiger charge is -2.36. The van der Waals surface area contributed by atoms with Gasteiger partial charge in [0.2, 0.25) is 0 Å². The molecule has 2 atom stereocenters. The van der Waals surface area contributed by atoms with Crippen LogP contribution in [-0.4, -0.2) is 19.8 Å². The van der Waals surface area contributed by atoms with E-state index in [1.54, 1.807) is 0 Å². The zero-order valence-corrected chi connectivity index (χ0v) is 17.1. The maximum absolute atomic E-state index is 5.85. The van der Waals surface area contributed by atoms with Crippen LogP contribution in [0.3, 0.4) is 0 Å². The van der Waals surface area contributed by atoms with Gasteiger partial charge in [-0.15, -0.1) is 19.3 Å². The number of terminal acetylenes is 3. The highest BCUT2D eigenvalue weighted by Crippen LogP contribution is 2.47. The molecule has 0 fully saturated rings. The van der Waals surface area contributed by atoms with Crippen molar-refractivity contribution in [3.05, 3.63) is 17.7 Å². The Kier molecular flexibility index (Phi) is 8.65. The molecule has 0 aliphatic carbocycles. The van der Waals surface area contributed by atoms with Gasteiger partial charge in [-0.05, 0) is 17.3 Å². The summed E-state index contributed by atoms with van der Waals surface area (Å²) in [5.41, 5.74) is 1.09. The fourth-order valence-electron chi connectivity index (χ4n) is 2.96. The molecule has 0 N–H and O–H groups in total. The van der Waals surface area contributed by atoms with Crippen molar-refractivity contribution in [1.82, 2.24) is 0 Å². The molecule has 0 aliphatic rings. The summed E-state index contributed by atoms with van der Waals surface area (Å²) in [6, 6.07) is 3.63. The van der Waals surface area contributed by atoms with Crippen LogP contribution in [0.5, 0.6) is 17.2 Å². The van der Waals surface area contributed by atoms with Crippen molar-refractivity contribution >= 4 is 0 Å². The second kappa shape index (κ2) is 10.4. The average molecular weight is 367 g/mol. The van der Waals surface area contributed by atoms with E-state index < -0.39 is 0 Å². The SMILES string of the molecule is C#CCOc1cc(OCC#C)c(C(C)C(C)C(C)(C)CC)c(OCC#C)c1. The number of ether oxygens (including phenoxy) is 3. The van der Waals surface area contributed by atoms with E-state index in [0.717, 1.165) is 12.0 Å². The van der Waals surface area contributed by atoms with Gasteiger partial charge in [0.25, 0.3) is 0 Å². The van der Waals surface area contributed by atoms with Gasteiger partial charge in [0, 0.05) is 17.7 Å². The van der Waals surface area contributed by atoms with Crippen LogP contribution in [0.25, 0.3) is 0 Å². The summed E-state index contributed by atoms with van der Waals surface area (Å²) in [6.07, 6.45) is 17.2. The third-order valence-corrected chi connectivity index (χ3v) is 5.37. The first kappa shape index (κ1) is 22.3. The number of benzene rings is 1. The molecule has 0 saturated carbocycles. The second-order valence-corrected chi connectivity index (χ2v) is 7.23. The van der Waals surface area contributed by atoms with Gasteiger partial charge in [0.15, 0.2) is 0 Å². The van der Waals surface area contributed by atoms with Gasteiger partial charge in [-0.2, -0.15) is 0 Å². The average Bonchev–Trinajstić information content (AvgIpc) is 2.67. The van der Waals surface area contributed by atoms with Gasteiger partial charge in [-0.1, -0.05) is 58.8 Å². The molecule has 2 unspecified atom stereocenters. The van der Waals surface area contributed by atoms with Gasteiger partial charge in [0.05, 0.1) is 0 Å². The van der Waals surface area contributed by atoms with E-state index in [9.17, 15) is 0 Å². The van der Waals surface area contributed by atoms with Gasteiger partial charge < -0.3 is 14.2 Å². The van der Waals surface area contributed by atoms with E-state index in [1.807, 2.05) is 12.1 Å². The Hall–Kier alpha value is -2.70. The normalized spacial score (nSPS) is 12.8. The maximum atomic E-state index is 5.85. The van der Waals surface area contributed by atoms with Crippen LogP contribution in [0.15, 0.2) is 12.1 Å². The van der Waals surface area contributed by atoms with Crippen LogP contribution in [0.4, 0.5) is 0 Å². The van der Waals surface area contributed by atoms with E-state index in [-0.39, 0.29) is 31.2 Å². The minimum atomic E-state index is 0.144. The highest BCUT2D eigenvalue weighted by molar-refractivity contribution is 5.53. The molecule has 144 valence electrons. The maximum Gasteiger partial charge on any atom is 0.148 e. The quantitative estimate of drug-likeness (QED) is 0.551. The fraction of sp³-hybridized carbons (Fsp3) is 0.500. The largest absolute Gasteiger partial charge is 0.481 e. The topological polar surface area (TPSA) is 27.7 Å². The summed E-state index contributed by atoms with van der Waals surface area (Å²) in [6.45, 7) is 11.6. The predicted molar refractivity (Wildman–Crippen MR) is 111 cm³/mol. The molecule has 0 aliphatic heterocycles. The predicted octanol–water partition coefficient (Wildman–Crippen LogP) is 4.90. The van der Waals surface area contributed by atoms with Crippen LogP contribution in [0.1, 0.15) is 52.5 Å². The highest BCUT2D eigenvalue weighted by atomic mass is 16.5. The van der Waals surface area contributed by atoms with Crippen LogP contribution in [-0.2, 0) is 0 Å². The summed E-state index contributed by atoms with van der Waals surface area (Å²) in [4.78, 5) is 0. The van der Waals surface area contributed by atoms with E-state index in [4.69, 9.17) is 33.5 Å². The van der Waals surface area contributed by atoms with Crippen molar-refractivity contribution in [3.8, 4) is 54.3 Å². The minimum absolute atomic E-state index is 0.144. The lowest BCUT2D eigenvalue weighted by molar-refractivity contribution is 0.188. The molecule has 0 heterocycles. The molecule has 0 aromatic heterocycles. The molecule has 1 aromatic carbocycles. The lowest BCUT2D eigenvalue weighted by Crippen LogP contribution is -2.26. The Balaban J connectivity index is 3.48. The number of rotatable bonds is 10. The summed E-state index contributed by atoms with van der Waals surface area (Å²) in [5.74, 6) is 9.83. The van der Waals surface area contributed by atoms with Crippen molar-refractivity contribution in [2.75, 3.05) is 19.8 Å². The Morgan fingerprint density at radius 1 is 0.889 bits per heavy atom. The molecule has 0 amide bonds. The van der Waals surface area contributed by atoms with Crippen molar-refractivity contribution in [2.45, 2.75) is 47.0 Å². The molecule has 1 aromatic rings. The Morgan fingerprint density at radius 3 is 1.74 bits per heavy atom. The van der Waals surface area contributed by atoms with Crippen LogP contribution >= 0.6 is 0 Å². The second-order valence-electron chi connectivity index (χ2n) is 7.23. The van der Waals surface area contributed by atoms with Crippen molar-refractivity contribution in [3.63, 3.8) is 0 Å². The molecule has 0 bridgehead atoms. The zero-order chi connectivity index (χ0) is 20.4. The Morgan fingerprint density at radius 2 is 1.33 bits per heavy atom. The van der Waals surface area contributed by atoms with E-state index in [1.165, 1.54) is 0 Å². The van der Waals surface area contributed by atoms with Crippen LogP contribution < -0.4 is 14.2 Å². The zero-order valence-electron chi connectivity index (χ0n) is 17.1. The number of hydrogen-bond acceptors (Lipinski definition) is 3. The Bertz CT molecular complexity index is 701. The molecule has 0 spiro atoms. The Labute approximate surface area is 164 Å². The molecular formula is C24H30O3. The van der Waals surface area contributed by atoms with Gasteiger partial charge in [0.1, 0.15) is 37.1 Å². The van der Waals surface area contributed by atoms with Gasteiger partial charge >= 0.3 is 0 Å². The summed E-state index contributed by atoms with van der Waals surface area (Å²) < 4.78 is 17.3. The van der Waals surface area contributed by atoms with Crippen molar-refractivity contribution in [1.29, 1.82) is 0 Å². The van der Waals surface area contributed by atoms with Crippen LogP contribution in [0, 0.1) is 48.4 Å². The third-order valence-electron chi connectivity index (χ3n) is 5.37. The first-order valence-corrected chi connectivity index (χ1v) is 9.19. The third kappa shape index (κ3) is 5.91. The summed E-state index contributed by atoms with van der Waals surface area (Å²) in [7, 11) is 0. The summed E-state index contributed by atoms with van der Waals surface area (Å²) >= 11 is 0. The summed E-state index contributed by atoms with van der Waals surface area (Å²) in [5, 5.41) is 0.